The van der Waals surface area contributed by atoms with Crippen molar-refractivity contribution in [2.45, 2.75) is 6.92 Å². The van der Waals surface area contributed by atoms with E-state index in [0.717, 1.165) is 4.90 Å². The fourth-order valence-electron chi connectivity index (χ4n) is 2.89. The van der Waals surface area contributed by atoms with Crippen molar-refractivity contribution in [3.8, 4) is 0 Å². The number of carbonyl (C=O) groups excluding carboxylic acids is 4. The zero-order valence-electron chi connectivity index (χ0n) is 15.0. The molecule has 7 heteroatoms. The number of esters is 1. The number of hydrogen-bond acceptors (Lipinski definition) is 5. The van der Waals surface area contributed by atoms with Crippen molar-refractivity contribution in [1.82, 2.24) is 4.90 Å². The summed E-state index contributed by atoms with van der Waals surface area (Å²) in [7, 11) is 0. The van der Waals surface area contributed by atoms with Crippen LogP contribution in [0.15, 0.2) is 65.3 Å². The van der Waals surface area contributed by atoms with Gasteiger partial charge in [-0.05, 0) is 12.1 Å². The highest BCUT2D eigenvalue weighted by Gasteiger charge is 2.35. The first-order valence-electron chi connectivity index (χ1n) is 8.50. The Labute approximate surface area is 166 Å². The van der Waals surface area contributed by atoms with Gasteiger partial charge in [0.25, 0.3) is 0 Å². The number of ketones is 2. The first-order valence-corrected chi connectivity index (χ1v) is 8.88. The number of rotatable bonds is 5. The van der Waals surface area contributed by atoms with Crippen molar-refractivity contribution in [2.24, 2.45) is 0 Å². The summed E-state index contributed by atoms with van der Waals surface area (Å²) < 4.78 is 5.17. The summed E-state index contributed by atoms with van der Waals surface area (Å²) in [6, 6.07) is 14.6. The molecule has 1 aliphatic rings. The minimum atomic E-state index is -0.555. The number of hydrogen-bond donors (Lipinski definition) is 0. The maximum Gasteiger partial charge on any atom is 0.338 e. The maximum atomic E-state index is 12.8. The van der Waals surface area contributed by atoms with E-state index in [9.17, 15) is 19.2 Å². The predicted octanol–water partition coefficient (Wildman–Crippen LogP) is 3.22. The number of fused-ring (bicyclic) bond motifs is 1. The Morgan fingerprint density at radius 2 is 1.50 bits per heavy atom. The van der Waals surface area contributed by atoms with E-state index in [-0.39, 0.29) is 35.0 Å². The highest BCUT2D eigenvalue weighted by atomic mass is 35.5. The minimum absolute atomic E-state index is 0.110. The molecule has 0 radical (unpaired) electrons. The second-order valence-corrected chi connectivity index (χ2v) is 6.42. The Hall–Kier alpha value is -3.25. The second kappa shape index (κ2) is 8.19. The monoisotopic (exact) mass is 397 g/mol. The van der Waals surface area contributed by atoms with Crippen molar-refractivity contribution in [1.29, 1.82) is 0 Å². The van der Waals surface area contributed by atoms with Crippen molar-refractivity contribution in [3.05, 3.63) is 82.0 Å². The standard InChI is InChI=1S/C21H16ClNO5/c1-13(24)23(11-12-28-21(27)14-7-3-2-4-8-14)18-17(22)19(25)15-9-5-6-10-16(15)20(18)26/h2-10H,11-12H2,1H3. The van der Waals surface area contributed by atoms with Crippen LogP contribution in [-0.2, 0) is 9.53 Å². The zero-order chi connectivity index (χ0) is 20.3. The van der Waals surface area contributed by atoms with Crippen molar-refractivity contribution >= 4 is 35.0 Å². The molecule has 2 aromatic carbocycles. The van der Waals surface area contributed by atoms with Crippen LogP contribution in [0, 0.1) is 0 Å². The Kier molecular flexibility index (Phi) is 5.70. The van der Waals surface area contributed by atoms with Gasteiger partial charge in [0, 0.05) is 18.1 Å². The fraction of sp³-hybridized carbons (Fsp3) is 0.143. The third-order valence-electron chi connectivity index (χ3n) is 4.25. The van der Waals surface area contributed by atoms with Gasteiger partial charge < -0.3 is 9.64 Å². The fourth-order valence-corrected chi connectivity index (χ4v) is 3.18. The zero-order valence-corrected chi connectivity index (χ0v) is 15.7. The molecule has 2 aromatic rings. The Morgan fingerprint density at radius 1 is 0.929 bits per heavy atom. The Morgan fingerprint density at radius 3 is 2.11 bits per heavy atom. The molecule has 3 rings (SSSR count). The largest absolute Gasteiger partial charge is 0.460 e. The number of ether oxygens (including phenoxy) is 1. The van der Waals surface area contributed by atoms with Gasteiger partial charge in [-0.25, -0.2) is 4.79 Å². The Bertz CT molecular complexity index is 997. The van der Waals surface area contributed by atoms with Gasteiger partial charge in [0.05, 0.1) is 12.1 Å². The molecule has 0 aromatic heterocycles. The van der Waals surface area contributed by atoms with Crippen LogP contribution in [0.1, 0.15) is 38.0 Å². The molecule has 6 nitrogen and oxygen atoms in total. The van der Waals surface area contributed by atoms with E-state index in [0.29, 0.717) is 5.56 Å². The van der Waals surface area contributed by atoms with Gasteiger partial charge in [0.1, 0.15) is 17.3 Å². The summed E-state index contributed by atoms with van der Waals surface area (Å²) in [5.74, 6) is -2.10. The average molecular weight is 398 g/mol. The smallest absolute Gasteiger partial charge is 0.338 e. The number of Topliss-reactive ketones (excluding diaryl/α,β-unsaturated/α-hetero) is 2. The summed E-state index contributed by atoms with van der Waals surface area (Å²) in [6.45, 7) is 0.971. The molecule has 0 unspecified atom stereocenters. The molecule has 0 spiro atoms. The SMILES string of the molecule is CC(=O)N(CCOC(=O)c1ccccc1)C1=C(Cl)C(=O)c2ccccc2C1=O. The van der Waals surface area contributed by atoms with Gasteiger partial charge in [-0.2, -0.15) is 0 Å². The van der Waals surface area contributed by atoms with Crippen LogP contribution in [-0.4, -0.2) is 41.5 Å². The summed E-state index contributed by atoms with van der Waals surface area (Å²) >= 11 is 6.14. The lowest BCUT2D eigenvalue weighted by Crippen LogP contribution is -2.38. The van der Waals surface area contributed by atoms with Crippen molar-refractivity contribution in [2.75, 3.05) is 13.2 Å². The van der Waals surface area contributed by atoms with E-state index in [1.807, 2.05) is 0 Å². The number of halogens is 1. The highest BCUT2D eigenvalue weighted by molar-refractivity contribution is 6.50. The maximum absolute atomic E-state index is 12.8. The predicted molar refractivity (Wildman–Crippen MR) is 102 cm³/mol. The van der Waals surface area contributed by atoms with E-state index in [4.69, 9.17) is 16.3 Å². The van der Waals surface area contributed by atoms with Crippen molar-refractivity contribution < 1.29 is 23.9 Å². The summed E-state index contributed by atoms with van der Waals surface area (Å²) in [4.78, 5) is 50.6. The first-order chi connectivity index (χ1) is 13.4. The molecular formula is C21H16ClNO5. The molecular weight excluding hydrogens is 382 g/mol. The van der Waals surface area contributed by atoms with Crippen LogP contribution in [0.2, 0.25) is 0 Å². The molecule has 0 saturated carbocycles. The average Bonchev–Trinajstić information content (AvgIpc) is 2.71. The van der Waals surface area contributed by atoms with Crippen LogP contribution < -0.4 is 0 Å². The van der Waals surface area contributed by atoms with Gasteiger partial charge in [0.2, 0.25) is 17.5 Å². The molecule has 0 heterocycles. The van der Waals surface area contributed by atoms with E-state index < -0.39 is 23.4 Å². The number of nitrogens with zero attached hydrogens (tertiary/aromatic N) is 1. The third kappa shape index (κ3) is 3.73. The molecule has 1 amide bonds. The number of amides is 1. The molecule has 0 atom stereocenters. The molecule has 0 N–H and O–H groups in total. The van der Waals surface area contributed by atoms with Crippen LogP contribution in [0.4, 0.5) is 0 Å². The van der Waals surface area contributed by atoms with E-state index in [2.05, 4.69) is 0 Å². The van der Waals surface area contributed by atoms with E-state index in [1.54, 1.807) is 42.5 Å². The van der Waals surface area contributed by atoms with Crippen molar-refractivity contribution in [3.63, 3.8) is 0 Å². The van der Waals surface area contributed by atoms with E-state index in [1.165, 1.54) is 19.1 Å². The van der Waals surface area contributed by atoms with Gasteiger partial charge in [-0.1, -0.05) is 54.1 Å². The molecule has 28 heavy (non-hydrogen) atoms. The Balaban J connectivity index is 1.80. The highest BCUT2D eigenvalue weighted by Crippen LogP contribution is 2.30. The summed E-state index contributed by atoms with van der Waals surface area (Å²) in [5.41, 5.74) is 0.542. The topological polar surface area (TPSA) is 80.8 Å². The minimum Gasteiger partial charge on any atom is -0.460 e. The number of carbonyl (C=O) groups is 4. The van der Waals surface area contributed by atoms with Gasteiger partial charge >= 0.3 is 5.97 Å². The molecule has 0 aliphatic heterocycles. The van der Waals surface area contributed by atoms with Crippen LogP contribution in [0.25, 0.3) is 0 Å². The lowest BCUT2D eigenvalue weighted by molar-refractivity contribution is -0.127. The van der Waals surface area contributed by atoms with Gasteiger partial charge in [-0.3, -0.25) is 14.4 Å². The van der Waals surface area contributed by atoms with Gasteiger partial charge in [0.15, 0.2) is 0 Å². The molecule has 0 saturated heterocycles. The molecule has 1 aliphatic carbocycles. The first kappa shape index (κ1) is 19.5. The van der Waals surface area contributed by atoms with Gasteiger partial charge in [-0.15, -0.1) is 0 Å². The summed E-state index contributed by atoms with van der Waals surface area (Å²) in [5, 5.41) is -0.326. The third-order valence-corrected chi connectivity index (χ3v) is 4.60. The normalized spacial score (nSPS) is 13.2. The van der Waals surface area contributed by atoms with Crippen LogP contribution in [0.3, 0.4) is 0 Å². The number of benzene rings is 2. The van der Waals surface area contributed by atoms with Crippen LogP contribution >= 0.6 is 11.6 Å². The molecule has 0 bridgehead atoms. The second-order valence-electron chi connectivity index (χ2n) is 6.04. The lowest BCUT2D eigenvalue weighted by Gasteiger charge is -2.27. The molecule has 142 valence electrons. The summed E-state index contributed by atoms with van der Waals surface area (Å²) in [6.07, 6.45) is 0. The quantitative estimate of drug-likeness (QED) is 0.723. The van der Waals surface area contributed by atoms with E-state index >= 15 is 0 Å². The molecule has 0 fully saturated rings. The number of allylic oxidation sites excluding steroid dienone is 2. The van der Waals surface area contributed by atoms with Crippen LogP contribution in [0.5, 0.6) is 0 Å². The lowest BCUT2D eigenvalue weighted by atomic mass is 9.92.